The molecule has 0 radical (unpaired) electrons. The largest absolute Gasteiger partial charge is 0.356 e. The topological polar surface area (TPSA) is 44.5 Å². The lowest BCUT2D eigenvalue weighted by Crippen LogP contribution is -2.50. The molecule has 56 valence electrons. The molecule has 0 heterocycles. The molecule has 0 amide bonds. The maximum atomic E-state index is 5.68. The number of rotatable bonds is 3. The van der Waals surface area contributed by atoms with Gasteiger partial charge in [-0.15, -0.1) is 0 Å². The van der Waals surface area contributed by atoms with E-state index in [1.165, 1.54) is 0 Å². The summed E-state index contributed by atoms with van der Waals surface area (Å²) in [4.78, 5) is 0. The van der Waals surface area contributed by atoms with E-state index in [-0.39, 0.29) is 0 Å². The van der Waals surface area contributed by atoms with Crippen LogP contribution in [0.1, 0.15) is 6.92 Å². The van der Waals surface area contributed by atoms with Crippen LogP contribution in [0.4, 0.5) is 0 Å². The summed E-state index contributed by atoms with van der Waals surface area (Å²) in [6, 6.07) is 0. The van der Waals surface area contributed by atoms with Gasteiger partial charge >= 0.3 is 0 Å². The molecule has 3 nitrogen and oxygen atoms in total. The highest BCUT2D eigenvalue weighted by Crippen LogP contribution is 2.09. The lowest BCUT2D eigenvalue weighted by Gasteiger charge is -2.28. The molecule has 0 aliphatic heterocycles. The van der Waals surface area contributed by atoms with Crippen molar-refractivity contribution in [2.24, 2.45) is 5.40 Å². The second-order valence-electron chi connectivity index (χ2n) is 2.21. The van der Waals surface area contributed by atoms with Gasteiger partial charge in [-0.3, -0.25) is 0 Å². The molecule has 0 spiro atoms. The molecule has 0 bridgehead atoms. The van der Waals surface area contributed by atoms with Crippen LogP contribution in [-0.4, -0.2) is 28.6 Å². The predicted octanol–water partition coefficient (Wildman–Crippen LogP) is -0.153. The molecule has 2 N–H and O–H groups in total. The molecule has 4 heteroatoms. The Morgan fingerprint density at radius 2 is 1.67 bits per heavy atom. The molecular formula is C5H15NO2Si. The third-order valence-corrected chi connectivity index (χ3v) is 3.76. The minimum atomic E-state index is -1.34. The van der Waals surface area contributed by atoms with Gasteiger partial charge in [-0.2, -0.15) is 0 Å². The molecule has 0 aromatic heterocycles. The van der Waals surface area contributed by atoms with E-state index < -0.39 is 14.4 Å². The summed E-state index contributed by atoms with van der Waals surface area (Å²) >= 11 is 0. The molecule has 0 rings (SSSR count). The SMILES string of the molecule is COC(C)(OC)[SiH](C)N. The Labute approximate surface area is 57.8 Å². The Bertz CT molecular complexity index is 83.0. The second kappa shape index (κ2) is 3.31. The maximum absolute atomic E-state index is 5.68. The van der Waals surface area contributed by atoms with Gasteiger partial charge in [0.25, 0.3) is 0 Å². The van der Waals surface area contributed by atoms with Gasteiger partial charge < -0.3 is 14.9 Å². The standard InChI is InChI=1S/C5H15NO2Si/c1-5(7-2,8-3)9(4)6/h9H,6H2,1-4H3. The van der Waals surface area contributed by atoms with Gasteiger partial charge in [0.1, 0.15) is 0 Å². The first-order chi connectivity index (χ1) is 4.06. The van der Waals surface area contributed by atoms with E-state index in [0.717, 1.165) is 0 Å². The van der Waals surface area contributed by atoms with Gasteiger partial charge in [0.2, 0.25) is 0 Å². The fourth-order valence-corrected chi connectivity index (χ4v) is 1.20. The van der Waals surface area contributed by atoms with Gasteiger partial charge in [-0.05, 0) is 6.92 Å². The first-order valence-electron chi connectivity index (χ1n) is 2.92. The Morgan fingerprint density at radius 3 is 1.67 bits per heavy atom. The van der Waals surface area contributed by atoms with Gasteiger partial charge in [0.05, 0.1) is 0 Å². The number of methoxy groups -OCH3 is 2. The summed E-state index contributed by atoms with van der Waals surface area (Å²) < 4.78 is 10.1. The van der Waals surface area contributed by atoms with Crippen LogP contribution < -0.4 is 5.40 Å². The summed E-state index contributed by atoms with van der Waals surface area (Å²) in [5.41, 5.74) is -0.500. The van der Waals surface area contributed by atoms with Gasteiger partial charge in [0, 0.05) is 14.2 Å². The van der Waals surface area contributed by atoms with Crippen LogP contribution in [-0.2, 0) is 9.47 Å². The Balaban J connectivity index is 3.92. The Morgan fingerprint density at radius 1 is 1.33 bits per heavy atom. The first-order valence-corrected chi connectivity index (χ1v) is 5.32. The van der Waals surface area contributed by atoms with E-state index in [9.17, 15) is 0 Å². The van der Waals surface area contributed by atoms with Crippen molar-refractivity contribution in [2.75, 3.05) is 14.2 Å². The van der Waals surface area contributed by atoms with Crippen molar-refractivity contribution in [3.8, 4) is 0 Å². The van der Waals surface area contributed by atoms with Crippen molar-refractivity contribution in [1.29, 1.82) is 0 Å². The average molecular weight is 149 g/mol. The third kappa shape index (κ3) is 2.06. The molecule has 0 aromatic rings. The number of nitrogens with two attached hydrogens (primary N) is 1. The normalized spacial score (nSPS) is 15.7. The molecule has 0 saturated heterocycles. The van der Waals surface area contributed by atoms with E-state index in [0.29, 0.717) is 0 Å². The highest BCUT2D eigenvalue weighted by Gasteiger charge is 2.28. The zero-order valence-electron chi connectivity index (χ0n) is 6.47. The van der Waals surface area contributed by atoms with Gasteiger partial charge in [0.15, 0.2) is 14.4 Å². The summed E-state index contributed by atoms with van der Waals surface area (Å²) in [5.74, 6) is 0. The van der Waals surface area contributed by atoms with Gasteiger partial charge in [-0.1, -0.05) is 6.55 Å². The monoisotopic (exact) mass is 149 g/mol. The summed E-state index contributed by atoms with van der Waals surface area (Å²) in [5, 5.41) is 5.68. The third-order valence-electron chi connectivity index (χ3n) is 1.64. The lowest BCUT2D eigenvalue weighted by molar-refractivity contribution is -0.133. The van der Waals surface area contributed by atoms with Crippen molar-refractivity contribution >= 4 is 8.96 Å². The van der Waals surface area contributed by atoms with Crippen LogP contribution in [0.25, 0.3) is 0 Å². The van der Waals surface area contributed by atoms with E-state index >= 15 is 0 Å². The molecule has 0 saturated carbocycles. The summed E-state index contributed by atoms with van der Waals surface area (Å²) in [6.45, 7) is 3.84. The molecule has 9 heavy (non-hydrogen) atoms. The van der Waals surface area contributed by atoms with E-state index in [4.69, 9.17) is 14.9 Å². The van der Waals surface area contributed by atoms with Crippen molar-refractivity contribution in [1.82, 2.24) is 0 Å². The lowest BCUT2D eigenvalue weighted by atomic mass is 10.7. The minimum Gasteiger partial charge on any atom is -0.356 e. The van der Waals surface area contributed by atoms with Crippen molar-refractivity contribution < 1.29 is 9.47 Å². The summed E-state index contributed by atoms with van der Waals surface area (Å²) in [6.07, 6.45) is 0. The fourth-order valence-electron chi connectivity index (χ4n) is 0.455. The van der Waals surface area contributed by atoms with E-state index in [2.05, 4.69) is 0 Å². The minimum absolute atomic E-state index is 0.500. The molecule has 0 fully saturated rings. The van der Waals surface area contributed by atoms with Crippen LogP contribution in [0, 0.1) is 0 Å². The predicted molar refractivity (Wildman–Crippen MR) is 39.6 cm³/mol. The summed E-state index contributed by atoms with van der Waals surface area (Å²) in [7, 11) is 1.88. The average Bonchev–Trinajstić information content (AvgIpc) is 1.86. The highest BCUT2D eigenvalue weighted by molar-refractivity contribution is 6.56. The van der Waals surface area contributed by atoms with Crippen LogP contribution in [0.2, 0.25) is 6.55 Å². The van der Waals surface area contributed by atoms with Crippen LogP contribution in [0.5, 0.6) is 0 Å². The quantitative estimate of drug-likeness (QED) is 0.448. The number of hydrogen-bond acceptors (Lipinski definition) is 3. The maximum Gasteiger partial charge on any atom is 0.173 e. The Hall–Kier alpha value is 0.0969. The van der Waals surface area contributed by atoms with E-state index in [1.807, 2.05) is 13.5 Å². The molecule has 0 aliphatic carbocycles. The van der Waals surface area contributed by atoms with Crippen molar-refractivity contribution in [3.05, 3.63) is 0 Å². The van der Waals surface area contributed by atoms with Crippen LogP contribution in [0.3, 0.4) is 0 Å². The fraction of sp³-hybridized carbons (Fsp3) is 1.00. The first kappa shape index (κ1) is 9.10. The van der Waals surface area contributed by atoms with Crippen LogP contribution >= 0.6 is 0 Å². The Kier molecular flexibility index (Phi) is 3.35. The van der Waals surface area contributed by atoms with Crippen LogP contribution in [0.15, 0.2) is 0 Å². The molecule has 0 aliphatic rings. The smallest absolute Gasteiger partial charge is 0.173 e. The van der Waals surface area contributed by atoms with Crippen molar-refractivity contribution in [2.45, 2.75) is 18.9 Å². The highest BCUT2D eigenvalue weighted by atomic mass is 28.3. The molecule has 1 atom stereocenters. The van der Waals surface area contributed by atoms with Crippen molar-refractivity contribution in [3.63, 3.8) is 0 Å². The zero-order valence-corrected chi connectivity index (χ0v) is 7.63. The number of hydrogen-bond donors (Lipinski definition) is 1. The molecular weight excluding hydrogens is 134 g/mol. The van der Waals surface area contributed by atoms with Gasteiger partial charge in [-0.25, -0.2) is 0 Å². The van der Waals surface area contributed by atoms with E-state index in [1.54, 1.807) is 14.2 Å². The molecule has 1 unspecified atom stereocenters. The second-order valence-corrected chi connectivity index (χ2v) is 4.84. The molecule has 0 aromatic carbocycles. The number of ether oxygens (including phenoxy) is 2. The zero-order chi connectivity index (χ0) is 7.49.